The van der Waals surface area contributed by atoms with Crippen molar-refractivity contribution >= 4 is 29.3 Å². The Morgan fingerprint density at radius 1 is 1.12 bits per heavy atom. The van der Waals surface area contributed by atoms with Crippen molar-refractivity contribution in [3.63, 3.8) is 0 Å². The van der Waals surface area contributed by atoms with Gasteiger partial charge in [-0.15, -0.1) is 0 Å². The van der Waals surface area contributed by atoms with Gasteiger partial charge in [0.05, 0.1) is 5.41 Å². The van der Waals surface area contributed by atoms with Crippen LogP contribution in [0.5, 0.6) is 0 Å². The highest BCUT2D eigenvalue weighted by Crippen LogP contribution is 2.48. The molecule has 0 aliphatic carbocycles. The van der Waals surface area contributed by atoms with Gasteiger partial charge >= 0.3 is 0 Å². The van der Waals surface area contributed by atoms with Crippen LogP contribution in [0.3, 0.4) is 0 Å². The summed E-state index contributed by atoms with van der Waals surface area (Å²) < 4.78 is 15.4. The minimum absolute atomic E-state index is 0.179. The van der Waals surface area contributed by atoms with Crippen LogP contribution in [0.2, 0.25) is 5.02 Å². The number of nitrogens with zero attached hydrogens (tertiary/aromatic N) is 1. The van der Waals surface area contributed by atoms with Gasteiger partial charge < -0.3 is 10.2 Å². The first-order chi connectivity index (χ1) is 11.8. The summed E-state index contributed by atoms with van der Waals surface area (Å²) in [6, 6.07) is 14.6. The predicted octanol–water partition coefficient (Wildman–Crippen LogP) is 4.48. The number of anilines is 1. The van der Waals surface area contributed by atoms with E-state index in [0.29, 0.717) is 17.1 Å². The topological polar surface area (TPSA) is 32.3 Å². The highest BCUT2D eigenvalue weighted by Gasteiger charge is 2.54. The van der Waals surface area contributed by atoms with Gasteiger partial charge in [-0.1, -0.05) is 41.9 Å². The van der Waals surface area contributed by atoms with E-state index >= 15 is 4.39 Å². The van der Waals surface area contributed by atoms with Crippen molar-refractivity contribution in [2.45, 2.75) is 19.5 Å². The Hall–Kier alpha value is -2.33. The summed E-state index contributed by atoms with van der Waals surface area (Å²) in [6.45, 7) is 4.14. The van der Waals surface area contributed by atoms with Gasteiger partial charge in [-0.25, -0.2) is 4.39 Å². The van der Waals surface area contributed by atoms with Crippen molar-refractivity contribution in [1.82, 2.24) is 5.32 Å². The number of hydrogen-bond acceptors (Lipinski definition) is 2. The number of nitrogens with one attached hydrogen (secondary N) is 1. The molecule has 1 unspecified atom stereocenters. The number of halogens is 2. The van der Waals surface area contributed by atoms with Gasteiger partial charge in [-0.05, 0) is 38.1 Å². The van der Waals surface area contributed by atoms with Gasteiger partial charge in [-0.2, -0.15) is 0 Å². The molecule has 0 spiro atoms. The molecule has 1 atom stereocenters. The Morgan fingerprint density at radius 3 is 2.52 bits per heavy atom. The van der Waals surface area contributed by atoms with Crippen LogP contribution in [0.15, 0.2) is 54.4 Å². The Labute approximate surface area is 151 Å². The Balaban J connectivity index is 1.98. The zero-order valence-corrected chi connectivity index (χ0v) is 14.8. The quantitative estimate of drug-likeness (QED) is 0.817. The maximum Gasteiger partial charge on any atom is 0.229 e. The van der Waals surface area contributed by atoms with Crippen LogP contribution in [0.4, 0.5) is 10.1 Å². The molecule has 1 N–H and O–H groups in total. The minimum Gasteiger partial charge on any atom is -0.338 e. The van der Waals surface area contributed by atoms with E-state index in [0.717, 1.165) is 11.3 Å². The number of para-hydroxylation sites is 1. The van der Waals surface area contributed by atoms with E-state index < -0.39 is 16.9 Å². The SMILES string of the molecule is CC1(C)CN2c3ccccc3C=C(F)C2(c2ccc(Cl)cc2)NC1=O. The van der Waals surface area contributed by atoms with Crippen LogP contribution < -0.4 is 10.2 Å². The molecule has 0 bridgehead atoms. The lowest BCUT2D eigenvalue weighted by molar-refractivity contribution is -0.133. The third-order valence-corrected chi connectivity index (χ3v) is 5.24. The summed E-state index contributed by atoms with van der Waals surface area (Å²) in [5.74, 6) is -0.584. The second-order valence-corrected chi connectivity index (χ2v) is 7.63. The number of rotatable bonds is 1. The number of benzene rings is 2. The van der Waals surface area contributed by atoms with E-state index in [1.54, 1.807) is 24.3 Å². The summed E-state index contributed by atoms with van der Waals surface area (Å²) in [7, 11) is 0. The van der Waals surface area contributed by atoms with Gasteiger partial charge in [0.1, 0.15) is 0 Å². The molecule has 1 amide bonds. The fourth-order valence-electron chi connectivity index (χ4n) is 3.59. The zero-order valence-electron chi connectivity index (χ0n) is 14.0. The molecule has 2 aliphatic heterocycles. The maximum atomic E-state index is 15.4. The highest BCUT2D eigenvalue weighted by atomic mass is 35.5. The van der Waals surface area contributed by atoms with Gasteiger partial charge in [0.25, 0.3) is 0 Å². The van der Waals surface area contributed by atoms with Crippen molar-refractivity contribution in [1.29, 1.82) is 0 Å². The van der Waals surface area contributed by atoms with Gasteiger partial charge in [0, 0.05) is 28.4 Å². The third kappa shape index (κ3) is 2.28. The highest BCUT2D eigenvalue weighted by molar-refractivity contribution is 6.30. The Kier molecular flexibility index (Phi) is 3.45. The molecule has 25 heavy (non-hydrogen) atoms. The minimum atomic E-state index is -1.34. The fourth-order valence-corrected chi connectivity index (χ4v) is 3.72. The van der Waals surface area contributed by atoms with Crippen LogP contribution in [-0.4, -0.2) is 12.5 Å². The number of carbonyl (C=O) groups is 1. The first kappa shape index (κ1) is 16.2. The Morgan fingerprint density at radius 2 is 1.80 bits per heavy atom. The third-order valence-electron chi connectivity index (χ3n) is 4.98. The van der Waals surface area contributed by atoms with Crippen LogP contribution >= 0.6 is 11.6 Å². The summed E-state index contributed by atoms with van der Waals surface area (Å²) in [4.78, 5) is 14.7. The molecule has 4 rings (SSSR count). The van der Waals surface area contributed by atoms with Crippen LogP contribution in [0.25, 0.3) is 6.08 Å². The largest absolute Gasteiger partial charge is 0.338 e. The summed E-state index contributed by atoms with van der Waals surface area (Å²) in [5, 5.41) is 3.51. The van der Waals surface area contributed by atoms with Crippen molar-refractivity contribution in [3.8, 4) is 0 Å². The molecule has 2 aromatic rings. The first-order valence-corrected chi connectivity index (χ1v) is 8.55. The number of hydrogen-bond donors (Lipinski definition) is 1. The lowest BCUT2D eigenvalue weighted by Gasteiger charge is -2.54. The van der Waals surface area contributed by atoms with Crippen molar-refractivity contribution < 1.29 is 9.18 Å². The predicted molar refractivity (Wildman–Crippen MR) is 97.9 cm³/mol. The summed E-state index contributed by atoms with van der Waals surface area (Å²) in [5.41, 5.74) is 0.360. The maximum absolute atomic E-state index is 15.4. The normalized spacial score (nSPS) is 24.1. The molecule has 2 aromatic carbocycles. The molecule has 3 nitrogen and oxygen atoms in total. The molecule has 0 saturated carbocycles. The van der Waals surface area contributed by atoms with E-state index in [2.05, 4.69) is 5.32 Å². The number of fused-ring (bicyclic) bond motifs is 3. The first-order valence-electron chi connectivity index (χ1n) is 8.18. The molecule has 1 fully saturated rings. The van der Waals surface area contributed by atoms with Crippen molar-refractivity contribution in [2.75, 3.05) is 11.4 Å². The number of carbonyl (C=O) groups excluding carboxylic acids is 1. The molecule has 0 aromatic heterocycles. The average Bonchev–Trinajstić information content (AvgIpc) is 2.57. The van der Waals surface area contributed by atoms with Crippen LogP contribution in [-0.2, 0) is 10.5 Å². The molecule has 1 saturated heterocycles. The summed E-state index contributed by atoms with van der Waals surface area (Å²) in [6.07, 6.45) is 1.50. The van der Waals surface area contributed by atoms with Crippen LogP contribution in [0.1, 0.15) is 25.0 Å². The smallest absolute Gasteiger partial charge is 0.229 e. The lowest BCUT2D eigenvalue weighted by atomic mass is 9.80. The molecule has 5 heteroatoms. The number of amides is 1. The fraction of sp³-hybridized carbons (Fsp3) is 0.250. The van der Waals surface area contributed by atoms with Crippen molar-refractivity contribution in [3.05, 3.63) is 70.5 Å². The molecule has 2 heterocycles. The molecule has 128 valence electrons. The second kappa shape index (κ2) is 5.33. The Bertz CT molecular complexity index is 891. The van der Waals surface area contributed by atoms with E-state index in [4.69, 9.17) is 11.6 Å². The van der Waals surface area contributed by atoms with Gasteiger partial charge in [0.15, 0.2) is 11.5 Å². The lowest BCUT2D eigenvalue weighted by Crippen LogP contribution is -2.69. The van der Waals surface area contributed by atoms with E-state index in [1.807, 2.05) is 43.0 Å². The second-order valence-electron chi connectivity index (χ2n) is 7.19. The molecular weight excluding hydrogens is 339 g/mol. The molecule has 2 aliphatic rings. The standard InChI is InChI=1S/C20H18ClFN2O/c1-19(2)12-24-16-6-4-3-5-13(16)11-17(22)20(24,23-18(19)25)14-7-9-15(21)10-8-14/h3-11H,12H2,1-2H3,(H,23,25). The molecular formula is C20H18ClFN2O. The zero-order chi connectivity index (χ0) is 17.8. The summed E-state index contributed by atoms with van der Waals surface area (Å²) >= 11 is 6.01. The van der Waals surface area contributed by atoms with E-state index in [-0.39, 0.29) is 5.91 Å². The monoisotopic (exact) mass is 356 g/mol. The van der Waals surface area contributed by atoms with E-state index in [9.17, 15) is 4.79 Å². The van der Waals surface area contributed by atoms with Gasteiger partial charge in [-0.3, -0.25) is 4.79 Å². The van der Waals surface area contributed by atoms with E-state index in [1.165, 1.54) is 6.08 Å². The van der Waals surface area contributed by atoms with Crippen molar-refractivity contribution in [2.24, 2.45) is 5.41 Å². The van der Waals surface area contributed by atoms with Crippen LogP contribution in [0, 0.1) is 5.41 Å². The average molecular weight is 357 g/mol. The molecule has 0 radical (unpaired) electrons. The van der Waals surface area contributed by atoms with Gasteiger partial charge in [0.2, 0.25) is 5.91 Å².